The van der Waals surface area contributed by atoms with Gasteiger partial charge in [0.25, 0.3) is 0 Å². The molecule has 0 aliphatic carbocycles. The van der Waals surface area contributed by atoms with Crippen LogP contribution in [0, 0.1) is 23.3 Å². The molecule has 6 heteroatoms. The van der Waals surface area contributed by atoms with Crippen molar-refractivity contribution in [2.75, 3.05) is 7.05 Å². The third-order valence-corrected chi connectivity index (χ3v) is 3.22. The van der Waals surface area contributed by atoms with Gasteiger partial charge in [0.05, 0.1) is 6.04 Å². The Bertz CT molecular complexity index is 622. The van der Waals surface area contributed by atoms with Crippen LogP contribution in [0.3, 0.4) is 0 Å². The first-order chi connectivity index (χ1) is 9.43. The van der Waals surface area contributed by atoms with Crippen molar-refractivity contribution in [1.29, 1.82) is 0 Å². The number of hydrogen-bond donors (Lipinski definition) is 1. The van der Waals surface area contributed by atoms with Crippen LogP contribution in [0.1, 0.15) is 17.2 Å². The molecule has 2 rings (SSSR count). The number of hydrogen-bond acceptors (Lipinski definition) is 1. The molecular formula is C14H10ClF4N. The van der Waals surface area contributed by atoms with Crippen molar-refractivity contribution in [2.45, 2.75) is 6.04 Å². The predicted molar refractivity (Wildman–Crippen MR) is 68.6 cm³/mol. The molecule has 0 fully saturated rings. The molecule has 0 aliphatic heterocycles. The van der Waals surface area contributed by atoms with Gasteiger partial charge in [0.2, 0.25) is 0 Å². The smallest absolute Gasteiger partial charge is 0.134 e. The summed E-state index contributed by atoms with van der Waals surface area (Å²) >= 11 is 5.89. The van der Waals surface area contributed by atoms with E-state index in [0.717, 1.165) is 12.1 Å². The first-order valence-corrected chi connectivity index (χ1v) is 6.08. The van der Waals surface area contributed by atoms with E-state index in [1.54, 1.807) is 0 Å². The van der Waals surface area contributed by atoms with E-state index in [2.05, 4.69) is 5.32 Å². The summed E-state index contributed by atoms with van der Waals surface area (Å²) in [5.74, 6) is -3.65. The van der Waals surface area contributed by atoms with Crippen LogP contribution in [0.25, 0.3) is 0 Å². The van der Waals surface area contributed by atoms with E-state index in [-0.39, 0.29) is 10.6 Å². The van der Waals surface area contributed by atoms with E-state index in [9.17, 15) is 17.6 Å². The van der Waals surface area contributed by atoms with Gasteiger partial charge in [-0.15, -0.1) is 0 Å². The number of halogens is 5. The molecule has 1 atom stereocenters. The van der Waals surface area contributed by atoms with Crippen LogP contribution < -0.4 is 5.32 Å². The number of nitrogens with one attached hydrogen (secondary N) is 1. The Hall–Kier alpha value is -1.59. The van der Waals surface area contributed by atoms with Crippen LogP contribution in [0.15, 0.2) is 30.3 Å². The number of rotatable bonds is 3. The lowest BCUT2D eigenvalue weighted by Crippen LogP contribution is -2.21. The third-order valence-electron chi connectivity index (χ3n) is 2.89. The lowest BCUT2D eigenvalue weighted by molar-refractivity contribution is 0.500. The normalized spacial score (nSPS) is 12.5. The molecule has 0 amide bonds. The van der Waals surface area contributed by atoms with Crippen molar-refractivity contribution in [3.05, 3.63) is 69.8 Å². The summed E-state index contributed by atoms with van der Waals surface area (Å²) in [5.41, 5.74) is -0.0811. The van der Waals surface area contributed by atoms with E-state index >= 15 is 0 Å². The predicted octanol–water partition coefficient (Wildman–Crippen LogP) is 4.21. The standard InChI is InChI=1S/C14H10ClF4N/c1-20-14(9-3-2-7(16)4-10(9)15)13-11(18)5-8(17)6-12(13)19/h2-6,14,20H,1H3. The van der Waals surface area contributed by atoms with Crippen molar-refractivity contribution in [1.82, 2.24) is 5.32 Å². The minimum atomic E-state index is -1.04. The average molecular weight is 304 g/mol. The lowest BCUT2D eigenvalue weighted by Gasteiger charge is -2.20. The lowest BCUT2D eigenvalue weighted by atomic mass is 9.97. The summed E-state index contributed by atoms with van der Waals surface area (Å²) in [6.07, 6.45) is 0. The van der Waals surface area contributed by atoms with E-state index in [1.165, 1.54) is 13.1 Å². The largest absolute Gasteiger partial charge is 0.309 e. The summed E-state index contributed by atoms with van der Waals surface area (Å²) in [6.45, 7) is 0. The highest BCUT2D eigenvalue weighted by atomic mass is 35.5. The van der Waals surface area contributed by atoms with Crippen molar-refractivity contribution in [2.24, 2.45) is 0 Å². The zero-order valence-corrected chi connectivity index (χ0v) is 11.1. The molecule has 20 heavy (non-hydrogen) atoms. The molecule has 0 saturated heterocycles. The van der Waals surface area contributed by atoms with Gasteiger partial charge in [0.15, 0.2) is 0 Å². The Kier molecular flexibility index (Phi) is 4.30. The van der Waals surface area contributed by atoms with Crippen LogP contribution in [0.4, 0.5) is 17.6 Å². The van der Waals surface area contributed by atoms with Crippen LogP contribution in [-0.2, 0) is 0 Å². The molecule has 2 aromatic carbocycles. The van der Waals surface area contributed by atoms with E-state index in [1.807, 2.05) is 0 Å². The van der Waals surface area contributed by atoms with E-state index in [4.69, 9.17) is 11.6 Å². The van der Waals surface area contributed by atoms with Gasteiger partial charge in [-0.05, 0) is 24.7 Å². The fraction of sp³-hybridized carbons (Fsp3) is 0.143. The van der Waals surface area contributed by atoms with E-state index in [0.29, 0.717) is 17.7 Å². The van der Waals surface area contributed by atoms with E-state index < -0.39 is 29.3 Å². The van der Waals surface area contributed by atoms with Gasteiger partial charge in [-0.3, -0.25) is 0 Å². The monoisotopic (exact) mass is 303 g/mol. The summed E-state index contributed by atoms with van der Waals surface area (Å²) < 4.78 is 53.6. The molecule has 0 bridgehead atoms. The molecule has 1 unspecified atom stereocenters. The second-order valence-corrected chi connectivity index (χ2v) is 4.58. The minimum Gasteiger partial charge on any atom is -0.309 e. The van der Waals surface area contributed by atoms with Gasteiger partial charge in [-0.25, -0.2) is 17.6 Å². The van der Waals surface area contributed by atoms with Crippen LogP contribution in [0.5, 0.6) is 0 Å². The van der Waals surface area contributed by atoms with Gasteiger partial charge in [-0.2, -0.15) is 0 Å². The van der Waals surface area contributed by atoms with Gasteiger partial charge in [0.1, 0.15) is 23.3 Å². The first kappa shape index (κ1) is 14.8. The molecule has 106 valence electrons. The topological polar surface area (TPSA) is 12.0 Å². The van der Waals surface area contributed by atoms with Crippen LogP contribution in [-0.4, -0.2) is 7.05 Å². The molecule has 2 aromatic rings. The zero-order valence-electron chi connectivity index (χ0n) is 10.4. The Morgan fingerprint density at radius 3 is 2.05 bits per heavy atom. The van der Waals surface area contributed by atoms with Gasteiger partial charge >= 0.3 is 0 Å². The maximum absolute atomic E-state index is 13.8. The summed E-state index contributed by atoms with van der Waals surface area (Å²) in [4.78, 5) is 0. The highest BCUT2D eigenvalue weighted by molar-refractivity contribution is 6.31. The average Bonchev–Trinajstić information content (AvgIpc) is 2.34. The Morgan fingerprint density at radius 2 is 1.55 bits per heavy atom. The zero-order chi connectivity index (χ0) is 14.9. The molecule has 0 aliphatic rings. The van der Waals surface area contributed by atoms with Crippen molar-refractivity contribution in [3.63, 3.8) is 0 Å². The SMILES string of the molecule is CNC(c1ccc(F)cc1Cl)c1c(F)cc(F)cc1F. The fourth-order valence-electron chi connectivity index (χ4n) is 2.02. The summed E-state index contributed by atoms with van der Waals surface area (Å²) in [7, 11) is 1.46. The van der Waals surface area contributed by atoms with Crippen molar-refractivity contribution >= 4 is 11.6 Å². The molecule has 0 radical (unpaired) electrons. The molecule has 1 N–H and O–H groups in total. The molecule has 0 saturated carbocycles. The second kappa shape index (κ2) is 5.81. The molecule has 0 spiro atoms. The molecule has 0 heterocycles. The minimum absolute atomic E-state index is 0.0208. The van der Waals surface area contributed by atoms with Gasteiger partial charge in [-0.1, -0.05) is 17.7 Å². The highest BCUT2D eigenvalue weighted by Crippen LogP contribution is 2.32. The van der Waals surface area contributed by atoms with Gasteiger partial charge < -0.3 is 5.32 Å². The Balaban J connectivity index is 2.58. The summed E-state index contributed by atoms with van der Waals surface area (Å²) in [5, 5.41) is 2.71. The van der Waals surface area contributed by atoms with Crippen LogP contribution in [0.2, 0.25) is 5.02 Å². The Labute approximate surface area is 118 Å². The van der Waals surface area contributed by atoms with Gasteiger partial charge in [0, 0.05) is 22.7 Å². The molecule has 1 nitrogen and oxygen atoms in total. The van der Waals surface area contributed by atoms with Crippen molar-refractivity contribution < 1.29 is 17.6 Å². The Morgan fingerprint density at radius 1 is 0.950 bits per heavy atom. The fourth-order valence-corrected chi connectivity index (χ4v) is 2.30. The van der Waals surface area contributed by atoms with Crippen molar-refractivity contribution in [3.8, 4) is 0 Å². The molecular weight excluding hydrogens is 294 g/mol. The quantitative estimate of drug-likeness (QED) is 0.838. The first-order valence-electron chi connectivity index (χ1n) is 5.70. The second-order valence-electron chi connectivity index (χ2n) is 4.17. The maximum Gasteiger partial charge on any atom is 0.134 e. The number of benzene rings is 2. The maximum atomic E-state index is 13.8. The van der Waals surface area contributed by atoms with Crippen LogP contribution >= 0.6 is 11.6 Å². The highest BCUT2D eigenvalue weighted by Gasteiger charge is 2.23. The summed E-state index contributed by atoms with van der Waals surface area (Å²) in [6, 6.07) is 3.70. The molecule has 0 aromatic heterocycles. The third kappa shape index (κ3) is 2.78.